The number of rotatable bonds is 14. The van der Waals surface area contributed by atoms with Crippen LogP contribution in [0.5, 0.6) is 0 Å². The van der Waals surface area contributed by atoms with Crippen molar-refractivity contribution < 1.29 is 0 Å². The summed E-state index contributed by atoms with van der Waals surface area (Å²) in [6.07, 6.45) is 28.1. The molecule has 0 heterocycles. The molecule has 21 heavy (non-hydrogen) atoms. The maximum atomic E-state index is 2.35. The van der Waals surface area contributed by atoms with Crippen LogP contribution in [0.2, 0.25) is 0 Å². The second-order valence-corrected chi connectivity index (χ2v) is 6.39. The first-order valence-electron chi connectivity index (χ1n) is 9.22. The maximum absolute atomic E-state index is 2.35. The van der Waals surface area contributed by atoms with Crippen molar-refractivity contribution in [2.45, 2.75) is 91.4 Å². The topological polar surface area (TPSA) is 0 Å². The lowest BCUT2D eigenvalue weighted by molar-refractivity contribution is 0.512. The van der Waals surface area contributed by atoms with Gasteiger partial charge in [-0.3, -0.25) is 0 Å². The van der Waals surface area contributed by atoms with Crippen LogP contribution in [0, 0.1) is 5.92 Å². The zero-order valence-corrected chi connectivity index (χ0v) is 14.8. The second kappa shape index (κ2) is 17.3. The molecule has 0 aliphatic carbocycles. The smallest absolute Gasteiger partial charge is 0.0169 e. The minimum atomic E-state index is 0.881. The van der Waals surface area contributed by atoms with Crippen molar-refractivity contribution >= 4 is 0 Å². The van der Waals surface area contributed by atoms with Gasteiger partial charge >= 0.3 is 0 Å². The number of allylic oxidation sites excluding steroid dienone is 6. The molecule has 0 saturated carbocycles. The van der Waals surface area contributed by atoms with Gasteiger partial charge in [0.2, 0.25) is 0 Å². The Kier molecular flexibility index (Phi) is 16.6. The van der Waals surface area contributed by atoms with Crippen molar-refractivity contribution in [2.24, 2.45) is 5.92 Å². The first kappa shape index (κ1) is 20.2. The highest BCUT2D eigenvalue weighted by Gasteiger charge is 1.94. The van der Waals surface area contributed by atoms with E-state index in [4.69, 9.17) is 0 Å². The van der Waals surface area contributed by atoms with E-state index in [1.165, 1.54) is 51.4 Å². The number of unbranched alkanes of at least 4 members (excludes halogenated alkanes) is 6. The quantitative estimate of drug-likeness (QED) is 0.228. The molecule has 0 radical (unpaired) electrons. The lowest BCUT2D eigenvalue weighted by Gasteiger charge is -2.03. The van der Waals surface area contributed by atoms with E-state index in [2.05, 4.69) is 57.2 Å². The van der Waals surface area contributed by atoms with Crippen LogP contribution in [0.1, 0.15) is 91.4 Å². The Hall–Kier alpha value is -0.780. The van der Waals surface area contributed by atoms with Gasteiger partial charge in [-0.2, -0.15) is 0 Å². The maximum Gasteiger partial charge on any atom is -0.0169 e. The molecule has 0 unspecified atom stereocenters. The highest BCUT2D eigenvalue weighted by atomic mass is 14.0. The molecule has 0 aromatic carbocycles. The van der Waals surface area contributed by atoms with Crippen LogP contribution < -0.4 is 0 Å². The molecule has 0 saturated heterocycles. The van der Waals surface area contributed by atoms with Crippen molar-refractivity contribution in [3.8, 4) is 0 Å². The van der Waals surface area contributed by atoms with Crippen molar-refractivity contribution in [1.29, 1.82) is 0 Å². The highest BCUT2D eigenvalue weighted by molar-refractivity contribution is 4.96. The predicted molar refractivity (Wildman–Crippen MR) is 98.7 cm³/mol. The highest BCUT2D eigenvalue weighted by Crippen LogP contribution is 2.12. The fourth-order valence-corrected chi connectivity index (χ4v) is 2.35. The van der Waals surface area contributed by atoms with Crippen LogP contribution in [0.15, 0.2) is 36.5 Å². The third-order valence-electron chi connectivity index (χ3n) is 3.68. The Morgan fingerprint density at radius 1 is 0.619 bits per heavy atom. The van der Waals surface area contributed by atoms with E-state index in [0.717, 1.165) is 25.2 Å². The zero-order valence-electron chi connectivity index (χ0n) is 14.8. The molecule has 0 fully saturated rings. The van der Waals surface area contributed by atoms with Crippen LogP contribution >= 0.6 is 0 Å². The lowest BCUT2D eigenvalue weighted by Crippen LogP contribution is -1.87. The molecule has 0 N–H and O–H groups in total. The van der Waals surface area contributed by atoms with E-state index >= 15 is 0 Å². The van der Waals surface area contributed by atoms with Gasteiger partial charge in [-0.05, 0) is 38.0 Å². The molecule has 0 atom stereocenters. The van der Waals surface area contributed by atoms with E-state index in [-0.39, 0.29) is 0 Å². The average Bonchev–Trinajstić information content (AvgIpc) is 2.46. The third kappa shape index (κ3) is 19.2. The van der Waals surface area contributed by atoms with E-state index < -0.39 is 0 Å². The first-order valence-corrected chi connectivity index (χ1v) is 9.22. The molecule has 0 spiro atoms. The van der Waals surface area contributed by atoms with Crippen LogP contribution in [-0.2, 0) is 0 Å². The predicted octanol–water partition coefficient (Wildman–Crippen LogP) is 7.62. The molecule has 0 aliphatic heterocycles. The summed E-state index contributed by atoms with van der Waals surface area (Å²) in [7, 11) is 0. The van der Waals surface area contributed by atoms with Gasteiger partial charge in [-0.1, -0.05) is 95.8 Å². The summed E-state index contributed by atoms with van der Waals surface area (Å²) in [5.41, 5.74) is 0. The Labute approximate surface area is 134 Å². The molecule has 0 heteroatoms. The molecule has 0 aromatic rings. The molecule has 122 valence electrons. The summed E-state index contributed by atoms with van der Waals surface area (Å²) in [6.45, 7) is 6.82. The summed E-state index contributed by atoms with van der Waals surface area (Å²) < 4.78 is 0. The summed E-state index contributed by atoms with van der Waals surface area (Å²) in [5, 5.41) is 0. The van der Waals surface area contributed by atoms with E-state index in [9.17, 15) is 0 Å². The van der Waals surface area contributed by atoms with Crippen LogP contribution in [-0.4, -0.2) is 0 Å². The summed E-state index contributed by atoms with van der Waals surface area (Å²) >= 11 is 0. The number of hydrogen-bond donors (Lipinski definition) is 0. The Morgan fingerprint density at radius 3 is 1.76 bits per heavy atom. The van der Waals surface area contributed by atoms with Crippen LogP contribution in [0.25, 0.3) is 0 Å². The van der Waals surface area contributed by atoms with Crippen molar-refractivity contribution in [2.75, 3.05) is 0 Å². The summed E-state index contributed by atoms with van der Waals surface area (Å²) in [4.78, 5) is 0. The van der Waals surface area contributed by atoms with Gasteiger partial charge in [0.05, 0.1) is 0 Å². The largest absolute Gasteiger partial charge is 0.0885 e. The molecule has 0 bridgehead atoms. The number of hydrogen-bond acceptors (Lipinski definition) is 0. The van der Waals surface area contributed by atoms with Crippen LogP contribution in [0.3, 0.4) is 0 Å². The molecule has 0 rings (SSSR count). The molecule has 0 aliphatic rings. The fraction of sp³-hybridized carbons (Fsp3) is 0.714. The van der Waals surface area contributed by atoms with Gasteiger partial charge < -0.3 is 0 Å². The van der Waals surface area contributed by atoms with Gasteiger partial charge in [-0.15, -0.1) is 0 Å². The minimum absolute atomic E-state index is 0.881. The fourth-order valence-electron chi connectivity index (χ4n) is 2.35. The van der Waals surface area contributed by atoms with Gasteiger partial charge in [-0.25, -0.2) is 0 Å². The Balaban J connectivity index is 3.20. The van der Waals surface area contributed by atoms with Crippen LogP contribution in [0.4, 0.5) is 0 Å². The van der Waals surface area contributed by atoms with Gasteiger partial charge in [0.1, 0.15) is 0 Å². The first-order chi connectivity index (χ1) is 10.3. The normalized spacial score (nSPS) is 12.6. The van der Waals surface area contributed by atoms with E-state index in [1.54, 1.807) is 0 Å². The van der Waals surface area contributed by atoms with Crippen molar-refractivity contribution in [3.63, 3.8) is 0 Å². The monoisotopic (exact) mass is 290 g/mol. The Morgan fingerprint density at radius 2 is 1.14 bits per heavy atom. The molecular formula is C21H38. The standard InChI is InChI=1S/C21H38/c1-4-5-6-7-8-9-10-11-12-13-14-15-16-17-18-19-20-21(2)3/h5-6,8-9,11-12,21H,4,7,10,13-20H2,1-3H3/b6-5-,9-8-,12-11-. The molecule has 0 nitrogen and oxygen atoms in total. The molecule has 0 aromatic heterocycles. The van der Waals surface area contributed by atoms with Crippen molar-refractivity contribution in [3.05, 3.63) is 36.5 Å². The molecule has 0 amide bonds. The van der Waals surface area contributed by atoms with E-state index in [0.29, 0.717) is 0 Å². The molecular weight excluding hydrogens is 252 g/mol. The van der Waals surface area contributed by atoms with Gasteiger partial charge in [0.15, 0.2) is 0 Å². The van der Waals surface area contributed by atoms with E-state index in [1.807, 2.05) is 0 Å². The minimum Gasteiger partial charge on any atom is -0.0885 e. The van der Waals surface area contributed by atoms with Crippen molar-refractivity contribution in [1.82, 2.24) is 0 Å². The van der Waals surface area contributed by atoms with Gasteiger partial charge in [0.25, 0.3) is 0 Å². The third-order valence-corrected chi connectivity index (χ3v) is 3.68. The summed E-state index contributed by atoms with van der Waals surface area (Å²) in [5.74, 6) is 0.881. The van der Waals surface area contributed by atoms with Gasteiger partial charge in [0, 0.05) is 0 Å². The SMILES string of the molecule is CC/C=C\C/C=C\C/C=C\CCCCCCCCC(C)C. The lowest BCUT2D eigenvalue weighted by atomic mass is 10.0. The average molecular weight is 291 g/mol. The zero-order chi connectivity index (χ0) is 15.6. The Bertz CT molecular complexity index is 268. The second-order valence-electron chi connectivity index (χ2n) is 6.39. The summed E-state index contributed by atoms with van der Waals surface area (Å²) in [6, 6.07) is 0.